The molecule has 5 heteroatoms. The van der Waals surface area contributed by atoms with E-state index in [0.29, 0.717) is 17.9 Å². The van der Waals surface area contributed by atoms with Gasteiger partial charge < -0.3 is 15.4 Å². The number of ether oxygens (including phenoxy) is 1. The summed E-state index contributed by atoms with van der Waals surface area (Å²) in [6.45, 7) is 0.716. The Morgan fingerprint density at radius 3 is 2.12 bits per heavy atom. The summed E-state index contributed by atoms with van der Waals surface area (Å²) in [5, 5.41) is 6.59. The molecule has 26 heavy (non-hydrogen) atoms. The Balaban J connectivity index is 1.16. The number of hydrogen-bond acceptors (Lipinski definition) is 3. The minimum atomic E-state index is 0.0159. The van der Waals surface area contributed by atoms with Crippen LogP contribution in [0.2, 0.25) is 0 Å². The molecule has 4 aliphatic carbocycles. The van der Waals surface area contributed by atoms with Crippen LogP contribution in [0.15, 0.2) is 0 Å². The topological polar surface area (TPSA) is 67.4 Å². The molecule has 144 valence electrons. The molecule has 2 N–H and O–H groups in total. The third-order valence-corrected chi connectivity index (χ3v) is 7.67. The zero-order valence-electron chi connectivity index (χ0n) is 15.7. The van der Waals surface area contributed by atoms with Crippen molar-refractivity contribution >= 4 is 11.8 Å². The molecule has 4 saturated carbocycles. The largest absolute Gasteiger partial charge is 0.377 e. The fraction of sp³-hybridized carbons (Fsp3) is 0.905. The Hall–Kier alpha value is -1.10. The number of rotatable bonds is 5. The minimum absolute atomic E-state index is 0.0159. The molecule has 0 aromatic heterocycles. The molecule has 0 radical (unpaired) electrons. The van der Waals surface area contributed by atoms with Gasteiger partial charge in [0.1, 0.15) is 0 Å². The highest BCUT2D eigenvalue weighted by atomic mass is 16.5. The first-order chi connectivity index (χ1) is 12.6. The lowest BCUT2D eigenvalue weighted by Gasteiger charge is -2.38. The van der Waals surface area contributed by atoms with Crippen LogP contribution >= 0.6 is 0 Å². The average molecular weight is 360 g/mol. The van der Waals surface area contributed by atoms with Gasteiger partial charge in [-0.05, 0) is 69.1 Å². The van der Waals surface area contributed by atoms with Gasteiger partial charge in [0.15, 0.2) is 0 Å². The molecule has 0 aromatic carbocycles. The molecule has 1 saturated heterocycles. The summed E-state index contributed by atoms with van der Waals surface area (Å²) in [6.07, 6.45) is 12.5. The Morgan fingerprint density at radius 2 is 1.50 bits per heavy atom. The molecule has 1 aliphatic heterocycles. The minimum Gasteiger partial charge on any atom is -0.377 e. The maximum Gasteiger partial charge on any atom is 0.226 e. The Bertz CT molecular complexity index is 576. The summed E-state index contributed by atoms with van der Waals surface area (Å²) in [5.41, 5.74) is 0.558. The molecule has 0 bridgehead atoms. The fourth-order valence-corrected chi connectivity index (χ4v) is 5.60. The van der Waals surface area contributed by atoms with Gasteiger partial charge in [0.05, 0.1) is 12.0 Å². The van der Waals surface area contributed by atoms with Crippen LogP contribution in [-0.2, 0) is 14.3 Å². The lowest BCUT2D eigenvalue weighted by molar-refractivity contribution is -0.132. The van der Waals surface area contributed by atoms with Crippen LogP contribution < -0.4 is 10.6 Å². The second kappa shape index (κ2) is 6.50. The Kier molecular flexibility index (Phi) is 4.26. The van der Waals surface area contributed by atoms with E-state index >= 15 is 0 Å². The van der Waals surface area contributed by atoms with Crippen molar-refractivity contribution in [3.05, 3.63) is 0 Å². The van der Waals surface area contributed by atoms with E-state index in [-0.39, 0.29) is 41.8 Å². The second-order valence-electron chi connectivity index (χ2n) is 9.69. The fourth-order valence-electron chi connectivity index (χ4n) is 5.60. The molecular weight excluding hydrogens is 328 g/mol. The monoisotopic (exact) mass is 360 g/mol. The zero-order chi connectivity index (χ0) is 17.7. The van der Waals surface area contributed by atoms with Crippen molar-refractivity contribution in [1.82, 2.24) is 10.6 Å². The van der Waals surface area contributed by atoms with E-state index in [1.807, 2.05) is 0 Å². The molecule has 2 amide bonds. The van der Waals surface area contributed by atoms with Gasteiger partial charge in [-0.25, -0.2) is 0 Å². The highest BCUT2D eigenvalue weighted by Gasteiger charge is 2.55. The van der Waals surface area contributed by atoms with Crippen molar-refractivity contribution < 1.29 is 14.3 Å². The van der Waals surface area contributed by atoms with Crippen molar-refractivity contribution in [3.63, 3.8) is 0 Å². The SMILES string of the molecule is O=C(N[C@H]1CCCC[C@H]1NC(=O)[C@@H]1CCO[C@H]1C1CC1)C1CC2(CC2)C1. The van der Waals surface area contributed by atoms with Gasteiger partial charge in [0.25, 0.3) is 0 Å². The molecule has 5 aliphatic rings. The molecule has 0 aromatic rings. The molecule has 5 fully saturated rings. The maximum atomic E-state index is 12.9. The molecule has 1 spiro atoms. The molecule has 1 heterocycles. The number of carbonyl (C=O) groups is 2. The number of nitrogens with one attached hydrogen (secondary N) is 2. The third-order valence-electron chi connectivity index (χ3n) is 7.67. The normalized spacial score (nSPS) is 38.6. The van der Waals surface area contributed by atoms with Gasteiger partial charge in [-0.2, -0.15) is 0 Å². The van der Waals surface area contributed by atoms with Crippen LogP contribution in [0.1, 0.15) is 70.6 Å². The van der Waals surface area contributed by atoms with Crippen molar-refractivity contribution in [1.29, 1.82) is 0 Å². The highest BCUT2D eigenvalue weighted by Crippen LogP contribution is 2.63. The van der Waals surface area contributed by atoms with E-state index in [4.69, 9.17) is 4.74 Å². The van der Waals surface area contributed by atoms with Gasteiger partial charge in [-0.1, -0.05) is 12.8 Å². The van der Waals surface area contributed by atoms with Crippen LogP contribution in [0.3, 0.4) is 0 Å². The van der Waals surface area contributed by atoms with Crippen LogP contribution in [-0.4, -0.2) is 36.6 Å². The van der Waals surface area contributed by atoms with E-state index < -0.39 is 0 Å². The lowest BCUT2D eigenvalue weighted by atomic mass is 9.71. The quantitative estimate of drug-likeness (QED) is 0.792. The summed E-state index contributed by atoms with van der Waals surface area (Å²) < 4.78 is 5.84. The van der Waals surface area contributed by atoms with E-state index in [2.05, 4.69) is 10.6 Å². The van der Waals surface area contributed by atoms with Gasteiger partial charge >= 0.3 is 0 Å². The summed E-state index contributed by atoms with van der Waals surface area (Å²) in [5.74, 6) is 1.23. The predicted molar refractivity (Wildman–Crippen MR) is 97.3 cm³/mol. The predicted octanol–water partition coefficient (Wildman–Crippen LogP) is 2.54. The van der Waals surface area contributed by atoms with Crippen LogP contribution in [0.5, 0.6) is 0 Å². The smallest absolute Gasteiger partial charge is 0.226 e. The van der Waals surface area contributed by atoms with Crippen molar-refractivity contribution in [2.24, 2.45) is 23.2 Å². The Morgan fingerprint density at radius 1 is 0.846 bits per heavy atom. The molecule has 5 rings (SSSR count). The van der Waals surface area contributed by atoms with E-state index in [1.165, 1.54) is 25.7 Å². The van der Waals surface area contributed by atoms with Crippen LogP contribution in [0.25, 0.3) is 0 Å². The third kappa shape index (κ3) is 3.28. The molecular formula is C21H32N2O3. The number of hydrogen-bond donors (Lipinski definition) is 2. The Labute approximate surface area is 156 Å². The highest BCUT2D eigenvalue weighted by molar-refractivity contribution is 5.81. The zero-order valence-corrected chi connectivity index (χ0v) is 15.7. The lowest BCUT2D eigenvalue weighted by Crippen LogP contribution is -2.56. The molecule has 5 nitrogen and oxygen atoms in total. The van der Waals surface area contributed by atoms with Gasteiger partial charge in [-0.3, -0.25) is 9.59 Å². The van der Waals surface area contributed by atoms with Crippen LogP contribution in [0, 0.1) is 23.2 Å². The first kappa shape index (κ1) is 17.0. The van der Waals surface area contributed by atoms with Gasteiger partial charge in [0.2, 0.25) is 11.8 Å². The number of amides is 2. The first-order valence-corrected chi connectivity index (χ1v) is 10.9. The summed E-state index contributed by atoms with van der Waals surface area (Å²) >= 11 is 0. The first-order valence-electron chi connectivity index (χ1n) is 10.9. The van der Waals surface area contributed by atoms with Crippen molar-refractivity contribution in [2.75, 3.05) is 6.61 Å². The summed E-state index contributed by atoms with van der Waals surface area (Å²) in [7, 11) is 0. The standard InChI is InChI=1S/C21H32N2O3/c24-19(14-11-21(12-14)8-9-21)22-16-3-1-2-4-17(16)23-20(25)15-7-10-26-18(15)13-5-6-13/h13-18H,1-12H2,(H,22,24)(H,23,25)/t15-,16+,17-,18+/m1/s1. The van der Waals surface area contributed by atoms with Gasteiger partial charge in [0, 0.05) is 24.6 Å². The van der Waals surface area contributed by atoms with E-state index in [0.717, 1.165) is 44.9 Å². The summed E-state index contributed by atoms with van der Waals surface area (Å²) in [6, 6.07) is 0.202. The molecule has 4 atom stereocenters. The van der Waals surface area contributed by atoms with Gasteiger partial charge in [-0.15, -0.1) is 0 Å². The maximum absolute atomic E-state index is 12.9. The van der Waals surface area contributed by atoms with Crippen molar-refractivity contribution in [3.8, 4) is 0 Å². The summed E-state index contributed by atoms with van der Waals surface area (Å²) in [4.78, 5) is 25.5. The molecule has 0 unspecified atom stereocenters. The van der Waals surface area contributed by atoms with Crippen LogP contribution in [0.4, 0.5) is 0 Å². The number of carbonyl (C=O) groups excluding carboxylic acids is 2. The van der Waals surface area contributed by atoms with E-state index in [1.54, 1.807) is 0 Å². The average Bonchev–Trinajstić information content (AvgIpc) is 3.53. The second-order valence-corrected chi connectivity index (χ2v) is 9.69. The van der Waals surface area contributed by atoms with E-state index in [9.17, 15) is 9.59 Å². The van der Waals surface area contributed by atoms with Crippen molar-refractivity contribution in [2.45, 2.75) is 88.8 Å².